The molecule has 9 heteroatoms. The molecule has 0 bridgehead atoms. The summed E-state index contributed by atoms with van der Waals surface area (Å²) in [6.07, 6.45) is 1.90. The molecule has 0 heterocycles. The maximum atomic E-state index is 12.9. The maximum Gasteiger partial charge on any atom is 0.253 e. The highest BCUT2D eigenvalue weighted by Gasteiger charge is 2.24. The predicted molar refractivity (Wildman–Crippen MR) is 135 cm³/mol. The van der Waals surface area contributed by atoms with Gasteiger partial charge in [0.1, 0.15) is 0 Å². The SMILES string of the molecule is CSc1ccc(S(=O)(=O)N(C)CC(=O)Nc2ccccc2C(=O)N[C@H](C)c2ccccc2)cc1. The van der Waals surface area contributed by atoms with Crippen molar-refractivity contribution < 1.29 is 18.0 Å². The van der Waals surface area contributed by atoms with E-state index in [0.29, 0.717) is 5.69 Å². The second kappa shape index (κ2) is 11.3. The van der Waals surface area contributed by atoms with Crippen molar-refractivity contribution in [1.29, 1.82) is 0 Å². The van der Waals surface area contributed by atoms with Crippen molar-refractivity contribution in [2.75, 3.05) is 25.2 Å². The Balaban J connectivity index is 1.68. The molecule has 0 fully saturated rings. The van der Waals surface area contributed by atoms with E-state index in [1.807, 2.05) is 43.5 Å². The van der Waals surface area contributed by atoms with Crippen LogP contribution in [0.5, 0.6) is 0 Å². The molecule has 2 amide bonds. The highest BCUT2D eigenvalue weighted by molar-refractivity contribution is 7.98. The van der Waals surface area contributed by atoms with Gasteiger partial charge in [-0.3, -0.25) is 9.59 Å². The standard InChI is InChI=1S/C25H27N3O4S2/c1-18(19-9-5-4-6-10-19)26-25(30)22-11-7-8-12-23(22)27-24(29)17-28(2)34(31,32)21-15-13-20(33-3)14-16-21/h4-16,18H,17H2,1-3H3,(H,26,30)(H,27,29)/t18-/m1/s1. The maximum absolute atomic E-state index is 12.9. The molecule has 178 valence electrons. The molecule has 0 radical (unpaired) electrons. The topological polar surface area (TPSA) is 95.6 Å². The zero-order valence-electron chi connectivity index (χ0n) is 19.2. The molecule has 0 aromatic heterocycles. The van der Waals surface area contributed by atoms with E-state index in [1.165, 1.54) is 30.9 Å². The van der Waals surface area contributed by atoms with Gasteiger partial charge in [0.25, 0.3) is 5.91 Å². The first-order chi connectivity index (χ1) is 16.2. The molecule has 1 atom stereocenters. The number of rotatable bonds is 9. The molecule has 34 heavy (non-hydrogen) atoms. The summed E-state index contributed by atoms with van der Waals surface area (Å²) in [4.78, 5) is 26.6. The fourth-order valence-electron chi connectivity index (χ4n) is 3.29. The zero-order chi connectivity index (χ0) is 24.7. The van der Waals surface area contributed by atoms with Gasteiger partial charge in [-0.1, -0.05) is 42.5 Å². The van der Waals surface area contributed by atoms with E-state index in [2.05, 4.69) is 10.6 Å². The van der Waals surface area contributed by atoms with Crippen LogP contribution in [0.2, 0.25) is 0 Å². The van der Waals surface area contributed by atoms with Gasteiger partial charge in [0, 0.05) is 11.9 Å². The molecule has 2 N–H and O–H groups in total. The Kier molecular flexibility index (Phi) is 8.49. The lowest BCUT2D eigenvalue weighted by Gasteiger charge is -2.19. The normalized spacial score (nSPS) is 12.2. The van der Waals surface area contributed by atoms with Gasteiger partial charge >= 0.3 is 0 Å². The molecule has 3 aromatic rings. The van der Waals surface area contributed by atoms with E-state index < -0.39 is 22.5 Å². The third-order valence-electron chi connectivity index (χ3n) is 5.23. The largest absolute Gasteiger partial charge is 0.345 e. The molecular formula is C25H27N3O4S2. The van der Waals surface area contributed by atoms with Gasteiger partial charge in [0.05, 0.1) is 28.7 Å². The Bertz CT molecular complexity index is 1250. The molecule has 3 rings (SSSR count). The van der Waals surface area contributed by atoms with E-state index in [9.17, 15) is 18.0 Å². The quantitative estimate of drug-likeness (QED) is 0.433. The number of carbonyl (C=O) groups excluding carboxylic acids is 2. The van der Waals surface area contributed by atoms with E-state index in [1.54, 1.807) is 36.4 Å². The smallest absolute Gasteiger partial charge is 0.253 e. The molecule has 3 aromatic carbocycles. The summed E-state index contributed by atoms with van der Waals surface area (Å²) in [6, 6.07) is 22.4. The number of amides is 2. The molecule has 0 saturated carbocycles. The average Bonchev–Trinajstić information content (AvgIpc) is 2.84. The van der Waals surface area contributed by atoms with E-state index in [0.717, 1.165) is 14.8 Å². The lowest BCUT2D eigenvalue weighted by molar-refractivity contribution is -0.116. The summed E-state index contributed by atoms with van der Waals surface area (Å²) >= 11 is 1.51. The van der Waals surface area contributed by atoms with E-state index in [-0.39, 0.29) is 22.4 Å². The van der Waals surface area contributed by atoms with Crippen LogP contribution >= 0.6 is 11.8 Å². The van der Waals surface area contributed by atoms with Crippen LogP contribution in [0.25, 0.3) is 0 Å². The summed E-state index contributed by atoms with van der Waals surface area (Å²) in [5.41, 5.74) is 1.55. The fraction of sp³-hybridized carbons (Fsp3) is 0.200. The molecule has 0 aliphatic heterocycles. The van der Waals surface area contributed by atoms with Gasteiger partial charge in [0.2, 0.25) is 15.9 Å². The summed E-state index contributed by atoms with van der Waals surface area (Å²) in [5.74, 6) is -0.898. The van der Waals surface area contributed by atoms with Crippen molar-refractivity contribution in [2.24, 2.45) is 0 Å². The van der Waals surface area contributed by atoms with E-state index in [4.69, 9.17) is 0 Å². The van der Waals surface area contributed by atoms with Crippen molar-refractivity contribution in [2.45, 2.75) is 22.8 Å². The number of anilines is 1. The number of thioether (sulfide) groups is 1. The van der Waals surface area contributed by atoms with Crippen molar-refractivity contribution in [3.63, 3.8) is 0 Å². The Morgan fingerprint density at radius 2 is 1.56 bits per heavy atom. The number of nitrogens with zero attached hydrogens (tertiary/aromatic N) is 1. The minimum absolute atomic E-state index is 0.107. The summed E-state index contributed by atoms with van der Waals surface area (Å²) in [5, 5.41) is 5.59. The first-order valence-corrected chi connectivity index (χ1v) is 13.2. The van der Waals surface area contributed by atoms with Gasteiger partial charge in [-0.25, -0.2) is 8.42 Å². The number of hydrogen-bond donors (Lipinski definition) is 2. The summed E-state index contributed by atoms with van der Waals surface area (Å²) < 4.78 is 26.6. The minimum atomic E-state index is -3.84. The third-order valence-corrected chi connectivity index (χ3v) is 7.79. The fourth-order valence-corrected chi connectivity index (χ4v) is 4.83. The monoisotopic (exact) mass is 497 g/mol. The second-order valence-corrected chi connectivity index (χ2v) is 10.6. The summed E-state index contributed by atoms with van der Waals surface area (Å²) in [7, 11) is -2.50. The van der Waals surface area contributed by atoms with Gasteiger partial charge in [-0.2, -0.15) is 4.31 Å². The second-order valence-electron chi connectivity index (χ2n) is 7.64. The van der Waals surface area contributed by atoms with Crippen LogP contribution in [0, 0.1) is 0 Å². The highest BCUT2D eigenvalue weighted by Crippen LogP contribution is 2.21. The van der Waals surface area contributed by atoms with Crippen LogP contribution in [0.4, 0.5) is 5.69 Å². The molecule has 0 aliphatic carbocycles. The van der Waals surface area contributed by atoms with Crippen molar-refractivity contribution in [1.82, 2.24) is 9.62 Å². The number of para-hydroxylation sites is 1. The number of carbonyl (C=O) groups is 2. The lowest BCUT2D eigenvalue weighted by atomic mass is 10.1. The number of likely N-dealkylation sites (N-methyl/N-ethyl adjacent to an activating group) is 1. The number of hydrogen-bond acceptors (Lipinski definition) is 5. The molecule has 0 spiro atoms. The molecule has 0 unspecified atom stereocenters. The molecule has 0 aliphatic rings. The highest BCUT2D eigenvalue weighted by atomic mass is 32.2. The average molecular weight is 498 g/mol. The number of nitrogens with one attached hydrogen (secondary N) is 2. The summed E-state index contributed by atoms with van der Waals surface area (Å²) in [6.45, 7) is 1.48. The van der Waals surface area contributed by atoms with Crippen LogP contribution in [-0.2, 0) is 14.8 Å². The minimum Gasteiger partial charge on any atom is -0.345 e. The third kappa shape index (κ3) is 6.25. The van der Waals surface area contributed by atoms with E-state index >= 15 is 0 Å². The predicted octanol–water partition coefficient (Wildman–Crippen LogP) is 4.16. The van der Waals surface area contributed by atoms with Gasteiger partial charge in [0.15, 0.2) is 0 Å². The molecule has 0 saturated heterocycles. The Labute approximate surface area is 204 Å². The van der Waals surface area contributed by atoms with Crippen molar-refractivity contribution >= 4 is 39.3 Å². The zero-order valence-corrected chi connectivity index (χ0v) is 20.8. The van der Waals surface area contributed by atoms with Crippen molar-refractivity contribution in [3.8, 4) is 0 Å². The molecular weight excluding hydrogens is 470 g/mol. The first-order valence-electron chi connectivity index (χ1n) is 10.6. The van der Waals surface area contributed by atoms with Crippen molar-refractivity contribution in [3.05, 3.63) is 90.0 Å². The van der Waals surface area contributed by atoms with Crippen LogP contribution in [-0.4, -0.2) is 44.4 Å². The Morgan fingerprint density at radius 1 is 0.941 bits per heavy atom. The van der Waals surface area contributed by atoms with Crippen LogP contribution in [0.3, 0.4) is 0 Å². The van der Waals surface area contributed by atoms with Crippen LogP contribution in [0.1, 0.15) is 28.9 Å². The van der Waals surface area contributed by atoms with Gasteiger partial charge < -0.3 is 10.6 Å². The number of benzene rings is 3. The van der Waals surface area contributed by atoms with Gasteiger partial charge in [-0.05, 0) is 55.1 Å². The van der Waals surface area contributed by atoms with Crippen LogP contribution < -0.4 is 10.6 Å². The van der Waals surface area contributed by atoms with Gasteiger partial charge in [-0.15, -0.1) is 11.8 Å². The first kappa shape index (κ1) is 25.5. The Hall–Kier alpha value is -3.14. The molecule has 7 nitrogen and oxygen atoms in total. The Morgan fingerprint density at radius 3 is 2.21 bits per heavy atom. The number of sulfonamides is 1. The lowest BCUT2D eigenvalue weighted by Crippen LogP contribution is -2.35. The van der Waals surface area contributed by atoms with Crippen LogP contribution in [0.15, 0.2) is 88.7 Å².